The Kier molecular flexibility index (Phi) is 5.98. The first kappa shape index (κ1) is 19.3. The lowest BCUT2D eigenvalue weighted by atomic mass is 9.90. The van der Waals surface area contributed by atoms with E-state index in [9.17, 15) is 4.79 Å². The van der Waals surface area contributed by atoms with Crippen molar-refractivity contribution in [3.8, 4) is 5.75 Å². The van der Waals surface area contributed by atoms with E-state index in [4.69, 9.17) is 9.15 Å². The maximum atomic E-state index is 12.8. The van der Waals surface area contributed by atoms with E-state index in [0.717, 1.165) is 50.3 Å². The number of rotatable bonds is 7. The first-order valence-corrected chi connectivity index (χ1v) is 10.2. The molecular formula is C23H27N3O3. The molecule has 1 aromatic carbocycles. The maximum Gasteiger partial charge on any atom is 0.289 e. The Bertz CT molecular complexity index is 907. The van der Waals surface area contributed by atoms with Gasteiger partial charge in [-0.2, -0.15) is 0 Å². The number of nitrogens with zero attached hydrogens (tertiary/aromatic N) is 3. The van der Waals surface area contributed by atoms with Gasteiger partial charge in [0.2, 0.25) is 0 Å². The molecule has 0 aliphatic carbocycles. The second-order valence-electron chi connectivity index (χ2n) is 7.62. The van der Waals surface area contributed by atoms with Crippen molar-refractivity contribution in [1.29, 1.82) is 0 Å². The van der Waals surface area contributed by atoms with E-state index in [2.05, 4.69) is 17.1 Å². The fourth-order valence-electron chi connectivity index (χ4n) is 3.88. The van der Waals surface area contributed by atoms with Crippen LogP contribution < -0.4 is 4.74 Å². The van der Waals surface area contributed by atoms with Crippen LogP contribution in [0, 0.1) is 5.92 Å². The molecule has 1 fully saturated rings. The van der Waals surface area contributed by atoms with Crippen molar-refractivity contribution in [2.45, 2.75) is 32.2 Å². The molecule has 0 bridgehead atoms. The van der Waals surface area contributed by atoms with Gasteiger partial charge in [-0.1, -0.05) is 12.1 Å². The molecule has 2 aromatic heterocycles. The fourth-order valence-corrected chi connectivity index (χ4v) is 3.88. The zero-order valence-corrected chi connectivity index (χ0v) is 16.8. The molecule has 0 spiro atoms. The summed E-state index contributed by atoms with van der Waals surface area (Å²) in [7, 11) is 1.69. The zero-order chi connectivity index (χ0) is 20.1. The third kappa shape index (κ3) is 4.88. The molecule has 29 heavy (non-hydrogen) atoms. The van der Waals surface area contributed by atoms with Crippen LogP contribution in [-0.2, 0) is 13.0 Å². The molecule has 1 amide bonds. The molecule has 0 radical (unpaired) electrons. The number of hydrogen-bond acceptors (Lipinski definition) is 4. The molecule has 0 saturated carbocycles. The molecule has 0 unspecified atom stereocenters. The van der Waals surface area contributed by atoms with Gasteiger partial charge in [-0.3, -0.25) is 4.79 Å². The molecule has 3 aromatic rings. The van der Waals surface area contributed by atoms with Gasteiger partial charge in [-0.15, -0.1) is 0 Å². The van der Waals surface area contributed by atoms with Gasteiger partial charge in [-0.25, -0.2) is 4.98 Å². The number of benzene rings is 1. The molecule has 0 N–H and O–H groups in total. The molecule has 6 heteroatoms. The Morgan fingerprint density at radius 2 is 1.97 bits per heavy atom. The van der Waals surface area contributed by atoms with E-state index in [1.807, 2.05) is 33.9 Å². The fraction of sp³-hybridized carbons (Fsp3) is 0.391. The van der Waals surface area contributed by atoms with Crippen molar-refractivity contribution in [2.24, 2.45) is 5.92 Å². The Labute approximate surface area is 171 Å². The number of imidazole rings is 1. The van der Waals surface area contributed by atoms with E-state index >= 15 is 0 Å². The van der Waals surface area contributed by atoms with Crippen LogP contribution >= 0.6 is 0 Å². The number of methoxy groups -OCH3 is 1. The van der Waals surface area contributed by atoms with Crippen molar-refractivity contribution in [2.75, 3.05) is 20.2 Å². The highest BCUT2D eigenvalue weighted by Crippen LogP contribution is 2.24. The van der Waals surface area contributed by atoms with Crippen LogP contribution in [0.25, 0.3) is 0 Å². The van der Waals surface area contributed by atoms with Crippen LogP contribution in [0.4, 0.5) is 0 Å². The minimum atomic E-state index is -0.00418. The van der Waals surface area contributed by atoms with Crippen molar-refractivity contribution >= 4 is 5.91 Å². The Morgan fingerprint density at radius 3 is 2.66 bits per heavy atom. The zero-order valence-electron chi connectivity index (χ0n) is 16.8. The first-order valence-electron chi connectivity index (χ1n) is 10.2. The number of aryl methyl sites for hydroxylation is 1. The van der Waals surface area contributed by atoms with Crippen LogP contribution in [0.15, 0.2) is 59.5 Å². The number of carbonyl (C=O) groups excluding carboxylic acids is 1. The highest BCUT2D eigenvalue weighted by Gasteiger charge is 2.25. The summed E-state index contributed by atoms with van der Waals surface area (Å²) in [6, 6.07) is 12.0. The van der Waals surface area contributed by atoms with Gasteiger partial charge in [0.05, 0.1) is 20.0 Å². The molecule has 1 saturated heterocycles. The SMILES string of the molecule is COc1ccc(CCC2CCN(C(=O)c3ccc(Cn4ccnc4)o3)CC2)cc1. The van der Waals surface area contributed by atoms with Crippen LogP contribution in [0.3, 0.4) is 0 Å². The lowest BCUT2D eigenvalue weighted by Gasteiger charge is -2.31. The van der Waals surface area contributed by atoms with Gasteiger partial charge in [0.15, 0.2) is 5.76 Å². The van der Waals surface area contributed by atoms with Crippen LogP contribution in [0.5, 0.6) is 5.75 Å². The van der Waals surface area contributed by atoms with E-state index in [1.165, 1.54) is 5.56 Å². The van der Waals surface area contributed by atoms with E-state index in [-0.39, 0.29) is 5.91 Å². The van der Waals surface area contributed by atoms with E-state index < -0.39 is 0 Å². The average Bonchev–Trinajstić information content (AvgIpc) is 3.45. The average molecular weight is 393 g/mol. The van der Waals surface area contributed by atoms with Gasteiger partial charge in [-0.05, 0) is 61.4 Å². The lowest BCUT2D eigenvalue weighted by molar-refractivity contribution is 0.0653. The standard InChI is InChI=1S/C23H27N3O3/c1-28-20-6-4-18(5-7-20)2-3-19-10-13-26(14-11-19)23(27)22-9-8-21(29-22)16-25-15-12-24-17-25/h4-9,12,15,17,19H,2-3,10-11,13-14,16H2,1H3. The number of aromatic nitrogens is 2. The number of carbonyl (C=O) groups is 1. The summed E-state index contributed by atoms with van der Waals surface area (Å²) in [5, 5.41) is 0. The van der Waals surface area contributed by atoms with Crippen molar-refractivity contribution < 1.29 is 13.9 Å². The molecule has 1 aliphatic heterocycles. The monoisotopic (exact) mass is 393 g/mol. The second-order valence-corrected chi connectivity index (χ2v) is 7.62. The topological polar surface area (TPSA) is 60.5 Å². The van der Waals surface area contributed by atoms with Gasteiger partial charge >= 0.3 is 0 Å². The lowest BCUT2D eigenvalue weighted by Crippen LogP contribution is -2.38. The van der Waals surface area contributed by atoms with Crippen LogP contribution in [0.2, 0.25) is 0 Å². The predicted octanol–water partition coefficient (Wildman–Crippen LogP) is 4.02. The molecular weight excluding hydrogens is 366 g/mol. The first-order chi connectivity index (χ1) is 14.2. The third-order valence-corrected chi connectivity index (χ3v) is 5.67. The van der Waals surface area contributed by atoms with E-state index in [1.54, 1.807) is 25.7 Å². The summed E-state index contributed by atoms with van der Waals surface area (Å²) in [4.78, 5) is 18.7. The molecule has 3 heterocycles. The number of amides is 1. The summed E-state index contributed by atoms with van der Waals surface area (Å²) >= 11 is 0. The third-order valence-electron chi connectivity index (χ3n) is 5.67. The number of furan rings is 1. The summed E-state index contributed by atoms with van der Waals surface area (Å²) in [5.41, 5.74) is 1.34. The minimum absolute atomic E-state index is 0.00418. The second kappa shape index (κ2) is 8.99. The molecule has 152 valence electrons. The number of piperidine rings is 1. The highest BCUT2D eigenvalue weighted by molar-refractivity contribution is 5.91. The van der Waals surface area contributed by atoms with Gasteiger partial charge in [0.1, 0.15) is 11.5 Å². The summed E-state index contributed by atoms with van der Waals surface area (Å²) in [5.74, 6) is 2.74. The Hall–Kier alpha value is -3.02. The van der Waals surface area contributed by atoms with Crippen molar-refractivity contribution in [1.82, 2.24) is 14.5 Å². The van der Waals surface area contributed by atoms with Gasteiger partial charge < -0.3 is 18.6 Å². The highest BCUT2D eigenvalue weighted by atomic mass is 16.5. The predicted molar refractivity (Wildman–Crippen MR) is 110 cm³/mol. The number of ether oxygens (including phenoxy) is 1. The quantitative estimate of drug-likeness (QED) is 0.608. The molecule has 6 nitrogen and oxygen atoms in total. The largest absolute Gasteiger partial charge is 0.497 e. The van der Waals surface area contributed by atoms with Crippen molar-refractivity contribution in [3.63, 3.8) is 0 Å². The normalized spacial score (nSPS) is 14.9. The Morgan fingerprint density at radius 1 is 1.17 bits per heavy atom. The van der Waals surface area contributed by atoms with Crippen LogP contribution in [-0.4, -0.2) is 40.6 Å². The summed E-state index contributed by atoms with van der Waals surface area (Å²) in [6.45, 7) is 2.17. The van der Waals surface area contributed by atoms with Gasteiger partial charge in [0.25, 0.3) is 5.91 Å². The molecule has 0 atom stereocenters. The summed E-state index contributed by atoms with van der Waals surface area (Å²) in [6.07, 6.45) is 9.66. The number of likely N-dealkylation sites (tertiary alicyclic amines) is 1. The smallest absolute Gasteiger partial charge is 0.289 e. The van der Waals surface area contributed by atoms with Crippen LogP contribution in [0.1, 0.15) is 41.1 Å². The maximum absolute atomic E-state index is 12.8. The number of hydrogen-bond donors (Lipinski definition) is 0. The van der Waals surface area contributed by atoms with E-state index in [0.29, 0.717) is 18.2 Å². The summed E-state index contributed by atoms with van der Waals surface area (Å²) < 4.78 is 12.9. The Balaban J connectivity index is 1.24. The molecule has 1 aliphatic rings. The van der Waals surface area contributed by atoms with Gasteiger partial charge in [0, 0.05) is 25.5 Å². The van der Waals surface area contributed by atoms with Crippen molar-refractivity contribution in [3.05, 3.63) is 72.2 Å². The molecule has 4 rings (SSSR count). The minimum Gasteiger partial charge on any atom is -0.497 e.